The third-order valence-electron chi connectivity index (χ3n) is 2.86. The Morgan fingerprint density at radius 1 is 1.24 bits per heavy atom. The van der Waals surface area contributed by atoms with Gasteiger partial charge in [0.1, 0.15) is 4.90 Å². The summed E-state index contributed by atoms with van der Waals surface area (Å²) in [6, 6.07) is 8.79. The standard InChI is InChI=1S/C14H17BrN2O2S2/c1-3-16-9-13-8-14(10(2)20-13)21(18,19)17-12-6-4-11(15)5-7-12/h4-8,16-17H,3,9H2,1-2H3. The third-order valence-corrected chi connectivity index (χ3v) is 6.07. The molecule has 7 heteroatoms. The fourth-order valence-corrected chi connectivity index (χ4v) is 4.78. The van der Waals surface area contributed by atoms with Crippen LogP contribution in [0.2, 0.25) is 0 Å². The van der Waals surface area contributed by atoms with Crippen LogP contribution in [0.25, 0.3) is 0 Å². The average Bonchev–Trinajstić information content (AvgIpc) is 2.81. The van der Waals surface area contributed by atoms with Gasteiger partial charge in [0, 0.05) is 26.5 Å². The molecule has 0 unspecified atom stereocenters. The Labute approximate surface area is 137 Å². The normalized spacial score (nSPS) is 11.6. The van der Waals surface area contributed by atoms with Gasteiger partial charge in [0.2, 0.25) is 0 Å². The first-order valence-corrected chi connectivity index (χ1v) is 9.60. The van der Waals surface area contributed by atoms with E-state index >= 15 is 0 Å². The van der Waals surface area contributed by atoms with Gasteiger partial charge in [-0.15, -0.1) is 11.3 Å². The lowest BCUT2D eigenvalue weighted by molar-refractivity contribution is 0.601. The zero-order valence-electron chi connectivity index (χ0n) is 11.8. The molecule has 0 spiro atoms. The number of sulfonamides is 1. The van der Waals surface area contributed by atoms with E-state index in [-0.39, 0.29) is 0 Å². The van der Waals surface area contributed by atoms with Gasteiger partial charge in [0.25, 0.3) is 10.0 Å². The smallest absolute Gasteiger partial charge is 0.263 e. The number of hydrogen-bond donors (Lipinski definition) is 2. The minimum atomic E-state index is -3.54. The van der Waals surface area contributed by atoms with Crippen molar-refractivity contribution in [1.29, 1.82) is 0 Å². The number of anilines is 1. The summed E-state index contributed by atoms with van der Waals surface area (Å²) in [4.78, 5) is 2.17. The Kier molecular flexibility index (Phi) is 5.43. The molecule has 4 nitrogen and oxygen atoms in total. The highest BCUT2D eigenvalue weighted by Gasteiger charge is 2.20. The number of rotatable bonds is 6. The Morgan fingerprint density at radius 2 is 1.90 bits per heavy atom. The van der Waals surface area contributed by atoms with E-state index in [4.69, 9.17) is 0 Å². The molecule has 2 aromatic rings. The van der Waals surface area contributed by atoms with Crippen LogP contribution in [0.3, 0.4) is 0 Å². The number of hydrogen-bond acceptors (Lipinski definition) is 4. The van der Waals surface area contributed by atoms with Crippen molar-refractivity contribution >= 4 is 43.0 Å². The SMILES string of the molecule is CCNCc1cc(S(=O)(=O)Nc2ccc(Br)cc2)c(C)s1. The number of aryl methyl sites for hydroxylation is 1. The molecule has 1 aromatic heterocycles. The Morgan fingerprint density at radius 3 is 2.52 bits per heavy atom. The quantitative estimate of drug-likeness (QED) is 0.792. The van der Waals surface area contributed by atoms with E-state index in [1.165, 1.54) is 11.3 Å². The molecule has 0 aliphatic carbocycles. The van der Waals surface area contributed by atoms with Crippen LogP contribution in [0.15, 0.2) is 39.7 Å². The summed E-state index contributed by atoms with van der Waals surface area (Å²) in [6.07, 6.45) is 0. The average molecular weight is 389 g/mol. The first kappa shape index (κ1) is 16.5. The van der Waals surface area contributed by atoms with E-state index in [2.05, 4.69) is 26.0 Å². The van der Waals surface area contributed by atoms with Crippen molar-refractivity contribution in [1.82, 2.24) is 5.32 Å². The summed E-state index contributed by atoms with van der Waals surface area (Å²) in [7, 11) is -3.54. The first-order chi connectivity index (χ1) is 9.92. The minimum Gasteiger partial charge on any atom is -0.312 e. The Hall–Kier alpha value is -0.890. The third kappa shape index (κ3) is 4.29. The van der Waals surface area contributed by atoms with Gasteiger partial charge in [-0.2, -0.15) is 0 Å². The van der Waals surface area contributed by atoms with E-state index < -0.39 is 10.0 Å². The molecule has 114 valence electrons. The monoisotopic (exact) mass is 388 g/mol. The summed E-state index contributed by atoms with van der Waals surface area (Å²) in [5.74, 6) is 0. The number of halogens is 1. The van der Waals surface area contributed by atoms with Crippen LogP contribution >= 0.6 is 27.3 Å². The number of benzene rings is 1. The summed E-state index contributed by atoms with van der Waals surface area (Å²) < 4.78 is 28.4. The van der Waals surface area contributed by atoms with E-state index in [9.17, 15) is 8.42 Å². The van der Waals surface area contributed by atoms with Gasteiger partial charge in [-0.1, -0.05) is 22.9 Å². The van der Waals surface area contributed by atoms with Crippen LogP contribution in [-0.4, -0.2) is 15.0 Å². The molecule has 2 rings (SSSR count). The molecule has 0 fully saturated rings. The molecule has 0 saturated carbocycles. The topological polar surface area (TPSA) is 58.2 Å². The van der Waals surface area contributed by atoms with Gasteiger partial charge in [-0.25, -0.2) is 8.42 Å². The maximum atomic E-state index is 12.5. The highest BCUT2D eigenvalue weighted by Crippen LogP contribution is 2.27. The summed E-state index contributed by atoms with van der Waals surface area (Å²) in [6.45, 7) is 5.40. The van der Waals surface area contributed by atoms with Gasteiger partial charge < -0.3 is 5.32 Å². The lowest BCUT2D eigenvalue weighted by Gasteiger charge is -2.07. The lowest BCUT2D eigenvalue weighted by Crippen LogP contribution is -2.13. The molecule has 2 N–H and O–H groups in total. The summed E-state index contributed by atoms with van der Waals surface area (Å²) >= 11 is 4.83. The van der Waals surface area contributed by atoms with Gasteiger partial charge in [-0.05, 0) is 43.8 Å². The molecule has 0 saturated heterocycles. The van der Waals surface area contributed by atoms with Crippen LogP contribution < -0.4 is 10.0 Å². The van der Waals surface area contributed by atoms with Crippen molar-refractivity contribution in [2.24, 2.45) is 0 Å². The van der Waals surface area contributed by atoms with Crippen molar-refractivity contribution in [3.63, 3.8) is 0 Å². The molecule has 1 heterocycles. The van der Waals surface area contributed by atoms with Gasteiger partial charge in [0.05, 0.1) is 0 Å². The highest BCUT2D eigenvalue weighted by atomic mass is 79.9. The Bertz CT molecular complexity index is 709. The molecule has 0 aliphatic rings. The van der Waals surface area contributed by atoms with Crippen LogP contribution in [0, 0.1) is 6.92 Å². The van der Waals surface area contributed by atoms with Crippen molar-refractivity contribution in [2.75, 3.05) is 11.3 Å². The minimum absolute atomic E-state index is 0.350. The largest absolute Gasteiger partial charge is 0.312 e. The molecule has 0 amide bonds. The lowest BCUT2D eigenvalue weighted by atomic mass is 10.3. The summed E-state index contributed by atoms with van der Waals surface area (Å²) in [5.41, 5.74) is 0.553. The molecule has 0 atom stereocenters. The van der Waals surface area contributed by atoms with Gasteiger partial charge in [-0.3, -0.25) is 4.72 Å². The predicted octanol–water partition coefficient (Wildman–Crippen LogP) is 3.73. The first-order valence-electron chi connectivity index (χ1n) is 6.51. The zero-order chi connectivity index (χ0) is 15.5. The highest BCUT2D eigenvalue weighted by molar-refractivity contribution is 9.10. The van der Waals surface area contributed by atoms with E-state index in [1.54, 1.807) is 30.3 Å². The van der Waals surface area contributed by atoms with Gasteiger partial charge in [0.15, 0.2) is 0 Å². The van der Waals surface area contributed by atoms with Crippen LogP contribution in [0.4, 0.5) is 5.69 Å². The van der Waals surface area contributed by atoms with E-state index in [0.717, 1.165) is 20.8 Å². The number of thiophene rings is 1. The van der Waals surface area contributed by atoms with Crippen molar-refractivity contribution in [3.8, 4) is 0 Å². The molecular weight excluding hydrogens is 372 g/mol. The zero-order valence-corrected chi connectivity index (χ0v) is 15.0. The van der Waals surface area contributed by atoms with E-state index in [1.807, 2.05) is 13.8 Å². The summed E-state index contributed by atoms with van der Waals surface area (Å²) in [5, 5.41) is 3.20. The molecule has 0 bridgehead atoms. The fourth-order valence-electron chi connectivity index (χ4n) is 1.85. The maximum absolute atomic E-state index is 12.5. The van der Waals surface area contributed by atoms with Crippen molar-refractivity contribution in [3.05, 3.63) is 44.6 Å². The Balaban J connectivity index is 2.22. The van der Waals surface area contributed by atoms with Crippen molar-refractivity contribution in [2.45, 2.75) is 25.3 Å². The second-order valence-electron chi connectivity index (χ2n) is 4.53. The van der Waals surface area contributed by atoms with Crippen LogP contribution in [-0.2, 0) is 16.6 Å². The maximum Gasteiger partial charge on any atom is 0.263 e. The van der Waals surface area contributed by atoms with Gasteiger partial charge >= 0.3 is 0 Å². The van der Waals surface area contributed by atoms with E-state index in [0.29, 0.717) is 17.1 Å². The molecule has 0 radical (unpaired) electrons. The number of nitrogens with one attached hydrogen (secondary N) is 2. The fraction of sp³-hybridized carbons (Fsp3) is 0.286. The molecular formula is C14H17BrN2O2S2. The van der Waals surface area contributed by atoms with Crippen LogP contribution in [0.1, 0.15) is 16.7 Å². The second kappa shape index (κ2) is 6.91. The van der Waals surface area contributed by atoms with Crippen molar-refractivity contribution < 1.29 is 8.42 Å². The molecule has 21 heavy (non-hydrogen) atoms. The molecule has 0 aliphatic heterocycles. The predicted molar refractivity (Wildman–Crippen MR) is 91.4 cm³/mol. The van der Waals surface area contributed by atoms with Crippen LogP contribution in [0.5, 0.6) is 0 Å². The molecule has 1 aromatic carbocycles. The second-order valence-corrected chi connectivity index (χ2v) is 8.43.